The van der Waals surface area contributed by atoms with Crippen molar-refractivity contribution in [2.24, 2.45) is 5.92 Å². The van der Waals surface area contributed by atoms with E-state index in [9.17, 15) is 19.2 Å². The van der Waals surface area contributed by atoms with E-state index in [1.165, 1.54) is 42.5 Å². The lowest BCUT2D eigenvalue weighted by Crippen LogP contribution is -2.30. The summed E-state index contributed by atoms with van der Waals surface area (Å²) < 4.78 is 10.4. The maximum Gasteiger partial charge on any atom is 0.341 e. The molecule has 2 aromatic carbocycles. The summed E-state index contributed by atoms with van der Waals surface area (Å²) in [6.07, 6.45) is 6.11. The molecule has 0 spiro atoms. The molecule has 11 heteroatoms. The van der Waals surface area contributed by atoms with Gasteiger partial charge in [0.1, 0.15) is 16.5 Å². The number of rotatable bonds is 11. The lowest BCUT2D eigenvalue weighted by atomic mass is 9.88. The number of thioether (sulfide) groups is 1. The fourth-order valence-corrected chi connectivity index (χ4v) is 7.55. The van der Waals surface area contributed by atoms with E-state index in [-0.39, 0.29) is 11.6 Å². The molecule has 3 N–H and O–H groups in total. The number of fused-ring (bicyclic) bond motifs is 1. The first-order chi connectivity index (χ1) is 22.2. The Morgan fingerprint density at radius 3 is 2.59 bits per heavy atom. The molecular weight excluding hydrogens is 623 g/mol. The molecule has 3 amide bonds. The normalized spacial score (nSPS) is 14.9. The number of carbonyl (C=O) groups excluding carboxylic acids is 4. The van der Waals surface area contributed by atoms with Crippen molar-refractivity contribution in [2.45, 2.75) is 49.7 Å². The molecule has 0 fully saturated rings. The number of thiophene rings is 1. The third-order valence-electron chi connectivity index (χ3n) is 7.53. The number of hydrogen-bond acceptors (Lipinski definition) is 8. The Labute approximate surface area is 275 Å². The lowest BCUT2D eigenvalue weighted by molar-refractivity contribution is -0.116. The van der Waals surface area contributed by atoms with Gasteiger partial charge in [-0.3, -0.25) is 14.4 Å². The van der Waals surface area contributed by atoms with Crippen molar-refractivity contribution < 1.29 is 28.3 Å². The van der Waals surface area contributed by atoms with Gasteiger partial charge in [-0.25, -0.2) is 4.79 Å². The highest BCUT2D eigenvalue weighted by molar-refractivity contribution is 8.00. The summed E-state index contributed by atoms with van der Waals surface area (Å²) in [5.74, 6) is -0.720. The van der Waals surface area contributed by atoms with Gasteiger partial charge in [-0.05, 0) is 79.6 Å². The Morgan fingerprint density at radius 1 is 1.07 bits per heavy atom. The van der Waals surface area contributed by atoms with E-state index in [2.05, 4.69) is 22.9 Å². The number of esters is 1. The standard InChI is InChI=1S/C35H35N3O6S2/c1-4-28(33(41)38-34-30(35(42)43-3)26-16-15-21(2)18-29(26)46-34)45-25-14-8-12-23(19-25)36-32(40)27(20-24-13-9-17-44-24)37-31(39)22-10-6-5-7-11-22/h5-14,17,19-21,28H,4,15-16,18H2,1-3H3,(H,36,40)(H,37,39)(H,38,41)/b27-20-. The molecule has 1 aliphatic carbocycles. The van der Waals surface area contributed by atoms with Crippen LogP contribution in [0.25, 0.3) is 6.08 Å². The van der Waals surface area contributed by atoms with Crippen LogP contribution in [0, 0.1) is 5.92 Å². The highest BCUT2D eigenvalue weighted by Crippen LogP contribution is 2.40. The molecule has 2 atom stereocenters. The zero-order valence-electron chi connectivity index (χ0n) is 25.8. The SMILES string of the molecule is CCC(Sc1cccc(NC(=O)/C(=C/c2ccco2)NC(=O)c2ccccc2)c1)C(=O)Nc1sc2c(c1C(=O)OC)CCC(C)C2. The van der Waals surface area contributed by atoms with Crippen LogP contribution in [0.15, 0.2) is 88.0 Å². The number of methoxy groups -OCH3 is 1. The minimum absolute atomic E-state index is 0.00196. The second kappa shape index (κ2) is 15.1. The van der Waals surface area contributed by atoms with Crippen LogP contribution < -0.4 is 16.0 Å². The molecule has 2 heterocycles. The maximum atomic E-state index is 13.5. The van der Waals surface area contributed by atoms with E-state index in [0.29, 0.717) is 39.9 Å². The predicted molar refractivity (Wildman–Crippen MR) is 181 cm³/mol. The van der Waals surface area contributed by atoms with Crippen molar-refractivity contribution in [3.05, 3.63) is 106 Å². The van der Waals surface area contributed by atoms with E-state index >= 15 is 0 Å². The number of ether oxygens (including phenoxy) is 1. The van der Waals surface area contributed by atoms with Crippen LogP contribution in [0.1, 0.15) is 63.6 Å². The van der Waals surface area contributed by atoms with Gasteiger partial charge in [0.2, 0.25) is 5.91 Å². The van der Waals surface area contributed by atoms with Gasteiger partial charge < -0.3 is 25.1 Å². The topological polar surface area (TPSA) is 127 Å². The Morgan fingerprint density at radius 2 is 1.87 bits per heavy atom. The van der Waals surface area contributed by atoms with E-state index in [1.807, 2.05) is 13.0 Å². The number of amides is 3. The van der Waals surface area contributed by atoms with E-state index in [0.717, 1.165) is 34.6 Å². The number of furan rings is 1. The fraction of sp³-hybridized carbons (Fsp3) is 0.257. The first kappa shape index (κ1) is 32.8. The third-order valence-corrected chi connectivity index (χ3v) is 10.1. The summed E-state index contributed by atoms with van der Waals surface area (Å²) in [5, 5.41) is 8.61. The van der Waals surface area contributed by atoms with Crippen molar-refractivity contribution in [2.75, 3.05) is 17.7 Å². The number of benzene rings is 2. The summed E-state index contributed by atoms with van der Waals surface area (Å²) in [7, 11) is 1.35. The fourth-order valence-electron chi connectivity index (χ4n) is 5.14. The van der Waals surface area contributed by atoms with E-state index in [4.69, 9.17) is 9.15 Å². The zero-order chi connectivity index (χ0) is 32.6. The van der Waals surface area contributed by atoms with E-state index < -0.39 is 23.0 Å². The Bertz CT molecular complexity index is 1750. The summed E-state index contributed by atoms with van der Waals surface area (Å²) in [6, 6.07) is 19.1. The smallest absolute Gasteiger partial charge is 0.341 e. The van der Waals surface area contributed by atoms with E-state index in [1.54, 1.807) is 60.7 Å². The molecule has 2 aromatic heterocycles. The highest BCUT2D eigenvalue weighted by atomic mass is 32.2. The van der Waals surface area contributed by atoms with Gasteiger partial charge in [0, 0.05) is 27.1 Å². The lowest BCUT2D eigenvalue weighted by Gasteiger charge is -2.18. The predicted octanol–water partition coefficient (Wildman–Crippen LogP) is 7.17. The molecule has 1 aliphatic rings. The number of carbonyl (C=O) groups is 4. The number of anilines is 2. The summed E-state index contributed by atoms with van der Waals surface area (Å²) in [5.41, 5.74) is 2.33. The minimum atomic E-state index is -0.543. The van der Waals surface area contributed by atoms with Gasteiger partial charge in [-0.15, -0.1) is 23.1 Å². The van der Waals surface area contributed by atoms with Crippen molar-refractivity contribution >= 4 is 63.6 Å². The Hall–Kier alpha value is -4.61. The second-order valence-electron chi connectivity index (χ2n) is 10.9. The van der Waals surface area contributed by atoms with Gasteiger partial charge in [-0.2, -0.15) is 0 Å². The van der Waals surface area contributed by atoms with Crippen LogP contribution in [0.3, 0.4) is 0 Å². The molecule has 0 radical (unpaired) electrons. The molecule has 5 rings (SSSR count). The zero-order valence-corrected chi connectivity index (χ0v) is 27.4. The Balaban J connectivity index is 1.29. The largest absolute Gasteiger partial charge is 0.465 e. The van der Waals surface area contributed by atoms with Crippen molar-refractivity contribution in [1.29, 1.82) is 0 Å². The van der Waals surface area contributed by atoms with Gasteiger partial charge in [0.25, 0.3) is 11.8 Å². The molecule has 0 saturated carbocycles. The average molecular weight is 658 g/mol. The Kier molecular flexibility index (Phi) is 10.8. The summed E-state index contributed by atoms with van der Waals surface area (Å²) >= 11 is 2.81. The highest BCUT2D eigenvalue weighted by Gasteiger charge is 2.30. The summed E-state index contributed by atoms with van der Waals surface area (Å²) in [4.78, 5) is 54.3. The van der Waals surface area contributed by atoms with Crippen molar-refractivity contribution in [3.8, 4) is 0 Å². The quantitative estimate of drug-likeness (QED) is 0.0887. The second-order valence-corrected chi connectivity index (χ2v) is 13.3. The van der Waals surface area contributed by atoms with Crippen LogP contribution in [-0.4, -0.2) is 36.1 Å². The van der Waals surface area contributed by atoms with Gasteiger partial charge in [-0.1, -0.05) is 38.1 Å². The van der Waals surface area contributed by atoms with Gasteiger partial charge >= 0.3 is 5.97 Å². The molecule has 4 aromatic rings. The summed E-state index contributed by atoms with van der Waals surface area (Å²) in [6.45, 7) is 4.11. The molecule has 2 unspecified atom stereocenters. The number of nitrogens with one attached hydrogen (secondary N) is 3. The molecule has 0 saturated heterocycles. The van der Waals surface area contributed by atoms with Crippen LogP contribution in [0.4, 0.5) is 10.7 Å². The first-order valence-corrected chi connectivity index (χ1v) is 16.7. The van der Waals surface area contributed by atoms with Crippen LogP contribution in [0.5, 0.6) is 0 Å². The molecule has 46 heavy (non-hydrogen) atoms. The average Bonchev–Trinajstić information content (AvgIpc) is 3.70. The molecule has 0 bridgehead atoms. The van der Waals surface area contributed by atoms with Crippen LogP contribution >= 0.6 is 23.1 Å². The molecule has 0 aliphatic heterocycles. The van der Waals surface area contributed by atoms with Gasteiger partial charge in [0.15, 0.2) is 0 Å². The molecule has 238 valence electrons. The van der Waals surface area contributed by atoms with Crippen LogP contribution in [0.2, 0.25) is 0 Å². The maximum absolute atomic E-state index is 13.5. The van der Waals surface area contributed by atoms with Crippen molar-refractivity contribution in [1.82, 2.24) is 5.32 Å². The monoisotopic (exact) mass is 657 g/mol. The van der Waals surface area contributed by atoms with Gasteiger partial charge in [0.05, 0.1) is 24.2 Å². The van der Waals surface area contributed by atoms with Crippen LogP contribution in [-0.2, 0) is 27.2 Å². The first-order valence-electron chi connectivity index (χ1n) is 15.0. The van der Waals surface area contributed by atoms with Crippen molar-refractivity contribution in [3.63, 3.8) is 0 Å². The minimum Gasteiger partial charge on any atom is -0.465 e. The number of hydrogen-bond donors (Lipinski definition) is 3. The third kappa shape index (κ3) is 7.96. The molecular formula is C35H35N3O6S2. The molecule has 9 nitrogen and oxygen atoms in total.